The lowest BCUT2D eigenvalue weighted by atomic mass is 10.1. The van der Waals surface area contributed by atoms with E-state index in [4.69, 9.17) is 0 Å². The van der Waals surface area contributed by atoms with Gasteiger partial charge in [0.05, 0.1) is 11.9 Å². The summed E-state index contributed by atoms with van der Waals surface area (Å²) < 4.78 is 25.1. The lowest BCUT2D eigenvalue weighted by Gasteiger charge is -2.27. The van der Waals surface area contributed by atoms with Gasteiger partial charge in [-0.05, 0) is 75.2 Å². The first-order valence-electron chi connectivity index (χ1n) is 9.49. The first-order chi connectivity index (χ1) is 13.2. The van der Waals surface area contributed by atoms with Crippen LogP contribution in [0.4, 0.5) is 17.1 Å². The molecular weight excluding hydrogens is 374 g/mol. The molecule has 1 N–H and O–H groups in total. The van der Waals surface area contributed by atoms with Crippen molar-refractivity contribution in [3.05, 3.63) is 53.6 Å². The highest BCUT2D eigenvalue weighted by atomic mass is 32.2. The molecule has 150 valence electrons. The Bertz CT molecular complexity index is 969. The van der Waals surface area contributed by atoms with Crippen LogP contribution in [-0.4, -0.2) is 39.7 Å². The molecule has 0 bridgehead atoms. The van der Waals surface area contributed by atoms with Crippen molar-refractivity contribution in [1.82, 2.24) is 0 Å². The molecule has 1 amide bonds. The van der Waals surface area contributed by atoms with E-state index in [9.17, 15) is 13.2 Å². The summed E-state index contributed by atoms with van der Waals surface area (Å²) in [6, 6.07) is 13.4. The Labute approximate surface area is 167 Å². The van der Waals surface area contributed by atoms with Crippen LogP contribution in [0.25, 0.3) is 0 Å². The van der Waals surface area contributed by atoms with Gasteiger partial charge < -0.3 is 10.2 Å². The number of benzene rings is 2. The van der Waals surface area contributed by atoms with Gasteiger partial charge in [0, 0.05) is 36.1 Å². The molecule has 0 atom stereocenters. The van der Waals surface area contributed by atoms with E-state index in [2.05, 4.69) is 31.0 Å². The van der Waals surface area contributed by atoms with Crippen LogP contribution in [0.2, 0.25) is 0 Å². The monoisotopic (exact) mass is 401 g/mol. The second-order valence-corrected chi connectivity index (χ2v) is 9.22. The van der Waals surface area contributed by atoms with Crippen LogP contribution in [-0.2, 0) is 16.4 Å². The maximum atomic E-state index is 12.6. The number of carbonyl (C=O) groups excluding carboxylic acids is 1. The highest BCUT2D eigenvalue weighted by Gasteiger charge is 2.26. The van der Waals surface area contributed by atoms with Gasteiger partial charge in [-0.25, -0.2) is 8.42 Å². The number of nitrogens with one attached hydrogen (secondary N) is 1. The standard InChI is InChI=1S/C21H27N3O3S/c1-5-23(15(2)3)19-9-7-18(8-10-19)22-21(25)17-6-11-20-16(14-17)12-13-24(20)28(4,26)27/h6-11,14-15H,5,12-13H2,1-4H3,(H,22,25). The summed E-state index contributed by atoms with van der Waals surface area (Å²) in [5, 5.41) is 2.91. The van der Waals surface area contributed by atoms with E-state index < -0.39 is 10.0 Å². The Balaban J connectivity index is 1.74. The molecule has 1 aliphatic heterocycles. The summed E-state index contributed by atoms with van der Waals surface area (Å²) in [4.78, 5) is 14.9. The van der Waals surface area contributed by atoms with Crippen LogP contribution in [0.15, 0.2) is 42.5 Å². The first-order valence-corrected chi connectivity index (χ1v) is 11.3. The van der Waals surface area contributed by atoms with Crippen molar-refractivity contribution in [3.63, 3.8) is 0 Å². The van der Waals surface area contributed by atoms with E-state index in [0.29, 0.717) is 30.3 Å². The molecule has 1 aliphatic rings. The minimum atomic E-state index is -3.29. The van der Waals surface area contributed by atoms with Gasteiger partial charge in [-0.2, -0.15) is 0 Å². The molecule has 0 saturated carbocycles. The number of anilines is 3. The molecule has 0 fully saturated rings. The molecule has 0 radical (unpaired) electrons. The van der Waals surface area contributed by atoms with E-state index in [1.165, 1.54) is 10.6 Å². The van der Waals surface area contributed by atoms with Gasteiger partial charge in [0.2, 0.25) is 10.0 Å². The zero-order valence-corrected chi connectivity index (χ0v) is 17.6. The number of nitrogens with zero attached hydrogens (tertiary/aromatic N) is 2. The second-order valence-electron chi connectivity index (χ2n) is 7.31. The maximum absolute atomic E-state index is 12.6. The van der Waals surface area contributed by atoms with Crippen LogP contribution >= 0.6 is 0 Å². The number of hydrogen-bond acceptors (Lipinski definition) is 4. The normalized spacial score (nSPS) is 13.5. The highest BCUT2D eigenvalue weighted by Crippen LogP contribution is 2.31. The van der Waals surface area contributed by atoms with Crippen molar-refractivity contribution < 1.29 is 13.2 Å². The summed E-state index contributed by atoms with van der Waals surface area (Å²) in [7, 11) is -3.29. The average Bonchev–Trinajstić information content (AvgIpc) is 3.07. The lowest BCUT2D eigenvalue weighted by Crippen LogP contribution is -2.30. The number of carbonyl (C=O) groups is 1. The highest BCUT2D eigenvalue weighted by molar-refractivity contribution is 7.92. The second kappa shape index (κ2) is 7.83. The Morgan fingerprint density at radius 1 is 1.18 bits per heavy atom. The fourth-order valence-corrected chi connectivity index (χ4v) is 4.60. The number of rotatable bonds is 6. The van der Waals surface area contributed by atoms with Crippen LogP contribution in [0, 0.1) is 0 Å². The Hall–Kier alpha value is -2.54. The van der Waals surface area contributed by atoms with Crippen molar-refractivity contribution in [2.75, 3.05) is 33.9 Å². The molecule has 6 nitrogen and oxygen atoms in total. The third kappa shape index (κ3) is 4.14. The number of fused-ring (bicyclic) bond motifs is 1. The quantitative estimate of drug-likeness (QED) is 0.804. The Kier molecular flexibility index (Phi) is 5.65. The average molecular weight is 402 g/mol. The van der Waals surface area contributed by atoms with Gasteiger partial charge in [0.1, 0.15) is 0 Å². The van der Waals surface area contributed by atoms with Crippen molar-refractivity contribution in [1.29, 1.82) is 0 Å². The van der Waals surface area contributed by atoms with Gasteiger partial charge in [-0.1, -0.05) is 0 Å². The summed E-state index contributed by atoms with van der Waals surface area (Å²) in [6.45, 7) is 7.76. The molecule has 0 unspecified atom stereocenters. The molecule has 2 aromatic rings. The molecule has 0 saturated heterocycles. The smallest absolute Gasteiger partial charge is 0.255 e. The molecule has 0 aromatic heterocycles. The number of hydrogen-bond donors (Lipinski definition) is 1. The molecule has 1 heterocycles. The predicted octanol–water partition coefficient (Wildman–Crippen LogP) is 3.50. The number of sulfonamides is 1. The van der Waals surface area contributed by atoms with Gasteiger partial charge in [0.25, 0.3) is 5.91 Å². The zero-order valence-electron chi connectivity index (χ0n) is 16.8. The summed E-state index contributed by atoms with van der Waals surface area (Å²) in [5.74, 6) is -0.204. The topological polar surface area (TPSA) is 69.7 Å². The molecule has 0 spiro atoms. The minimum Gasteiger partial charge on any atom is -0.369 e. The van der Waals surface area contributed by atoms with Crippen LogP contribution in [0.3, 0.4) is 0 Å². The zero-order chi connectivity index (χ0) is 20.5. The minimum absolute atomic E-state index is 0.204. The van der Waals surface area contributed by atoms with Gasteiger partial charge >= 0.3 is 0 Å². The van der Waals surface area contributed by atoms with Crippen LogP contribution in [0.5, 0.6) is 0 Å². The van der Waals surface area contributed by atoms with Crippen LogP contribution in [0.1, 0.15) is 36.7 Å². The molecule has 7 heteroatoms. The van der Waals surface area contributed by atoms with Crippen molar-refractivity contribution in [2.24, 2.45) is 0 Å². The van der Waals surface area contributed by atoms with Gasteiger partial charge in [-0.3, -0.25) is 9.10 Å². The largest absolute Gasteiger partial charge is 0.369 e. The van der Waals surface area contributed by atoms with E-state index in [-0.39, 0.29) is 5.91 Å². The molecule has 2 aromatic carbocycles. The molecule has 0 aliphatic carbocycles. The van der Waals surface area contributed by atoms with Crippen molar-refractivity contribution in [2.45, 2.75) is 33.2 Å². The maximum Gasteiger partial charge on any atom is 0.255 e. The van der Waals surface area contributed by atoms with Crippen molar-refractivity contribution >= 4 is 33.0 Å². The molecule has 3 rings (SSSR count). The molecular formula is C21H27N3O3S. The fourth-order valence-electron chi connectivity index (χ4n) is 3.64. The van der Waals surface area contributed by atoms with Crippen molar-refractivity contribution in [3.8, 4) is 0 Å². The lowest BCUT2D eigenvalue weighted by molar-refractivity contribution is 0.102. The fraction of sp³-hybridized carbons (Fsp3) is 0.381. The number of amides is 1. The van der Waals surface area contributed by atoms with E-state index >= 15 is 0 Å². The first kappa shape index (κ1) is 20.2. The van der Waals surface area contributed by atoms with Crippen LogP contribution < -0.4 is 14.5 Å². The third-order valence-electron chi connectivity index (χ3n) is 5.02. The Morgan fingerprint density at radius 3 is 2.43 bits per heavy atom. The summed E-state index contributed by atoms with van der Waals surface area (Å²) in [5.41, 5.74) is 3.91. The van der Waals surface area contributed by atoms with E-state index in [0.717, 1.165) is 23.5 Å². The third-order valence-corrected chi connectivity index (χ3v) is 6.20. The summed E-state index contributed by atoms with van der Waals surface area (Å²) in [6.07, 6.45) is 1.81. The van der Waals surface area contributed by atoms with E-state index in [1.54, 1.807) is 18.2 Å². The predicted molar refractivity (Wildman–Crippen MR) is 115 cm³/mol. The van der Waals surface area contributed by atoms with E-state index in [1.807, 2.05) is 24.3 Å². The SMILES string of the molecule is CCN(c1ccc(NC(=O)c2ccc3c(c2)CCN3S(C)(=O)=O)cc1)C(C)C. The molecule has 28 heavy (non-hydrogen) atoms. The van der Waals surface area contributed by atoms with Gasteiger partial charge in [-0.15, -0.1) is 0 Å². The van der Waals surface area contributed by atoms with Gasteiger partial charge in [0.15, 0.2) is 0 Å². The summed E-state index contributed by atoms with van der Waals surface area (Å²) >= 11 is 0. The Morgan fingerprint density at radius 2 is 1.86 bits per heavy atom.